The van der Waals surface area contributed by atoms with E-state index in [4.69, 9.17) is 9.84 Å². The SMILES string of the molecule is COCC(C)N(C)C(=O)NCCCCC(=O)O. The van der Waals surface area contributed by atoms with Crippen LogP contribution in [0.4, 0.5) is 4.79 Å². The average molecular weight is 246 g/mol. The third-order valence-electron chi connectivity index (χ3n) is 2.48. The number of nitrogens with one attached hydrogen (secondary N) is 1. The highest BCUT2D eigenvalue weighted by molar-refractivity contribution is 5.74. The largest absolute Gasteiger partial charge is 0.481 e. The summed E-state index contributed by atoms with van der Waals surface area (Å²) in [7, 11) is 3.30. The summed E-state index contributed by atoms with van der Waals surface area (Å²) in [5.41, 5.74) is 0. The van der Waals surface area contributed by atoms with E-state index in [-0.39, 0.29) is 18.5 Å². The van der Waals surface area contributed by atoms with Crippen molar-refractivity contribution in [2.24, 2.45) is 0 Å². The van der Waals surface area contributed by atoms with E-state index >= 15 is 0 Å². The van der Waals surface area contributed by atoms with Crippen LogP contribution < -0.4 is 5.32 Å². The van der Waals surface area contributed by atoms with Gasteiger partial charge in [-0.25, -0.2) is 4.79 Å². The maximum atomic E-state index is 11.6. The van der Waals surface area contributed by atoms with E-state index in [9.17, 15) is 9.59 Å². The summed E-state index contributed by atoms with van der Waals surface area (Å²) in [5.74, 6) is -0.804. The predicted molar refractivity (Wildman–Crippen MR) is 64.0 cm³/mol. The second kappa shape index (κ2) is 8.81. The van der Waals surface area contributed by atoms with Gasteiger partial charge in [0.2, 0.25) is 0 Å². The Morgan fingerprint density at radius 1 is 1.41 bits per heavy atom. The normalized spacial score (nSPS) is 11.9. The molecule has 1 unspecified atom stereocenters. The Kier molecular flexibility index (Phi) is 8.13. The Bertz CT molecular complexity index is 246. The molecule has 6 heteroatoms. The van der Waals surface area contributed by atoms with Crippen molar-refractivity contribution < 1.29 is 19.4 Å². The Morgan fingerprint density at radius 2 is 2.06 bits per heavy atom. The molecule has 0 aliphatic carbocycles. The van der Waals surface area contributed by atoms with Gasteiger partial charge >= 0.3 is 12.0 Å². The molecule has 0 heterocycles. The second-order valence-corrected chi connectivity index (χ2v) is 4.00. The van der Waals surface area contributed by atoms with Crippen molar-refractivity contribution in [1.29, 1.82) is 0 Å². The van der Waals surface area contributed by atoms with Crippen molar-refractivity contribution in [2.45, 2.75) is 32.2 Å². The van der Waals surface area contributed by atoms with Crippen LogP contribution in [0.3, 0.4) is 0 Å². The fraction of sp³-hybridized carbons (Fsp3) is 0.818. The molecule has 0 spiro atoms. The van der Waals surface area contributed by atoms with Gasteiger partial charge in [-0.3, -0.25) is 4.79 Å². The lowest BCUT2D eigenvalue weighted by Gasteiger charge is -2.24. The van der Waals surface area contributed by atoms with E-state index in [1.165, 1.54) is 0 Å². The zero-order valence-corrected chi connectivity index (χ0v) is 10.7. The van der Waals surface area contributed by atoms with Crippen LogP contribution >= 0.6 is 0 Å². The second-order valence-electron chi connectivity index (χ2n) is 4.00. The van der Waals surface area contributed by atoms with Crippen molar-refractivity contribution in [1.82, 2.24) is 10.2 Å². The van der Waals surface area contributed by atoms with Gasteiger partial charge in [0.05, 0.1) is 12.6 Å². The first kappa shape index (κ1) is 15.7. The fourth-order valence-corrected chi connectivity index (χ4v) is 1.27. The average Bonchev–Trinajstić information content (AvgIpc) is 2.27. The number of nitrogens with zero attached hydrogens (tertiary/aromatic N) is 1. The summed E-state index contributed by atoms with van der Waals surface area (Å²) in [6.07, 6.45) is 1.39. The van der Waals surface area contributed by atoms with Gasteiger partial charge in [-0.05, 0) is 19.8 Å². The summed E-state index contributed by atoms with van der Waals surface area (Å²) < 4.78 is 4.96. The molecule has 6 nitrogen and oxygen atoms in total. The molecule has 2 amide bonds. The number of ether oxygens (including phenoxy) is 1. The molecule has 0 bridgehead atoms. The molecule has 0 fully saturated rings. The number of carbonyl (C=O) groups excluding carboxylic acids is 1. The van der Waals surface area contributed by atoms with E-state index < -0.39 is 5.97 Å². The number of likely N-dealkylation sites (N-methyl/N-ethyl adjacent to an activating group) is 1. The lowest BCUT2D eigenvalue weighted by Crippen LogP contribution is -2.44. The first-order valence-corrected chi connectivity index (χ1v) is 5.70. The number of carboxylic acids is 1. The number of carbonyl (C=O) groups is 2. The molecule has 0 aliphatic rings. The minimum Gasteiger partial charge on any atom is -0.481 e. The zero-order valence-electron chi connectivity index (χ0n) is 10.7. The fourth-order valence-electron chi connectivity index (χ4n) is 1.27. The first-order valence-electron chi connectivity index (χ1n) is 5.70. The molecule has 0 aromatic rings. The number of urea groups is 1. The van der Waals surface area contributed by atoms with E-state index in [1.54, 1.807) is 19.1 Å². The van der Waals surface area contributed by atoms with Gasteiger partial charge in [-0.1, -0.05) is 0 Å². The number of hydrogen-bond acceptors (Lipinski definition) is 3. The molecule has 0 saturated heterocycles. The number of hydrogen-bond donors (Lipinski definition) is 2. The maximum Gasteiger partial charge on any atom is 0.317 e. The number of amides is 2. The van der Waals surface area contributed by atoms with Gasteiger partial charge in [0.25, 0.3) is 0 Å². The molecule has 100 valence electrons. The predicted octanol–water partition coefficient (Wildman–Crippen LogP) is 0.918. The summed E-state index contributed by atoms with van der Waals surface area (Å²) in [6.45, 7) is 2.88. The van der Waals surface area contributed by atoms with E-state index in [2.05, 4.69) is 5.32 Å². The van der Waals surface area contributed by atoms with Gasteiger partial charge in [0.1, 0.15) is 0 Å². The standard InChI is InChI=1S/C11H22N2O4/c1-9(8-17-3)13(2)11(16)12-7-5-4-6-10(14)15/h9H,4-8H2,1-3H3,(H,12,16)(H,14,15). The van der Waals surface area contributed by atoms with Crippen LogP contribution in [-0.2, 0) is 9.53 Å². The minimum atomic E-state index is -0.804. The Morgan fingerprint density at radius 3 is 2.59 bits per heavy atom. The van der Waals surface area contributed by atoms with Crippen LogP contribution in [0.1, 0.15) is 26.2 Å². The topological polar surface area (TPSA) is 78.9 Å². The van der Waals surface area contributed by atoms with Gasteiger partial charge < -0.3 is 20.1 Å². The van der Waals surface area contributed by atoms with Crippen molar-refractivity contribution >= 4 is 12.0 Å². The van der Waals surface area contributed by atoms with E-state index in [1.807, 2.05) is 6.92 Å². The van der Waals surface area contributed by atoms with Crippen LogP contribution in [0.5, 0.6) is 0 Å². The molecular formula is C11H22N2O4. The van der Waals surface area contributed by atoms with Crippen LogP contribution in [0, 0.1) is 0 Å². The molecule has 0 aliphatic heterocycles. The lowest BCUT2D eigenvalue weighted by molar-refractivity contribution is -0.137. The van der Waals surface area contributed by atoms with Crippen molar-refractivity contribution in [3.05, 3.63) is 0 Å². The quantitative estimate of drug-likeness (QED) is 0.624. The molecular weight excluding hydrogens is 224 g/mol. The summed E-state index contributed by atoms with van der Waals surface area (Å²) in [5, 5.41) is 11.2. The summed E-state index contributed by atoms with van der Waals surface area (Å²) >= 11 is 0. The monoisotopic (exact) mass is 246 g/mol. The maximum absolute atomic E-state index is 11.6. The summed E-state index contributed by atoms with van der Waals surface area (Å²) in [6, 6.07) is -0.149. The summed E-state index contributed by atoms with van der Waals surface area (Å²) in [4.78, 5) is 23.4. The Labute approximate surface area is 102 Å². The molecule has 2 N–H and O–H groups in total. The highest BCUT2D eigenvalue weighted by Gasteiger charge is 2.14. The van der Waals surface area contributed by atoms with Crippen LogP contribution in [0.25, 0.3) is 0 Å². The Balaban J connectivity index is 3.67. The van der Waals surface area contributed by atoms with Gasteiger partial charge in [0.15, 0.2) is 0 Å². The van der Waals surface area contributed by atoms with Gasteiger partial charge in [0, 0.05) is 27.1 Å². The third-order valence-corrected chi connectivity index (χ3v) is 2.48. The number of aliphatic carboxylic acids is 1. The minimum absolute atomic E-state index is 0.0130. The molecule has 0 saturated carbocycles. The zero-order chi connectivity index (χ0) is 13.3. The smallest absolute Gasteiger partial charge is 0.317 e. The molecule has 0 aromatic heterocycles. The van der Waals surface area contributed by atoms with Crippen LogP contribution in [0.15, 0.2) is 0 Å². The van der Waals surface area contributed by atoms with Crippen molar-refractivity contribution in [3.63, 3.8) is 0 Å². The number of methoxy groups -OCH3 is 1. The molecule has 1 atom stereocenters. The van der Waals surface area contributed by atoms with Gasteiger partial charge in [-0.2, -0.15) is 0 Å². The number of unbranched alkanes of at least 4 members (excludes halogenated alkanes) is 1. The Hall–Kier alpha value is -1.30. The van der Waals surface area contributed by atoms with Gasteiger partial charge in [-0.15, -0.1) is 0 Å². The van der Waals surface area contributed by atoms with E-state index in [0.29, 0.717) is 26.0 Å². The lowest BCUT2D eigenvalue weighted by atomic mass is 10.2. The molecule has 0 radical (unpaired) electrons. The molecule has 0 rings (SSSR count). The first-order chi connectivity index (χ1) is 7.99. The van der Waals surface area contributed by atoms with Crippen molar-refractivity contribution in [2.75, 3.05) is 27.3 Å². The molecule has 0 aromatic carbocycles. The third kappa shape index (κ3) is 7.57. The number of carboxylic acid groups (broad SMARTS) is 1. The van der Waals surface area contributed by atoms with E-state index in [0.717, 1.165) is 0 Å². The van der Waals surface area contributed by atoms with Crippen LogP contribution in [-0.4, -0.2) is 55.4 Å². The molecule has 17 heavy (non-hydrogen) atoms. The van der Waals surface area contributed by atoms with Crippen LogP contribution in [0.2, 0.25) is 0 Å². The van der Waals surface area contributed by atoms with Crippen molar-refractivity contribution in [3.8, 4) is 0 Å². The number of rotatable bonds is 8. The highest BCUT2D eigenvalue weighted by Crippen LogP contribution is 1.98. The highest BCUT2D eigenvalue weighted by atomic mass is 16.5.